The maximum atomic E-state index is 13.1. The molecule has 5 rings (SSSR count). The largest absolute Gasteiger partial charge is 0.357 e. The average molecular weight is 409 g/mol. The van der Waals surface area contributed by atoms with Gasteiger partial charge >= 0.3 is 0 Å². The standard InChI is InChI=1S/C21H19BrN3O/c1-24-7-6-14-12(10-24)8-17-20-19(18(26)11-25(17,2)3)15-5-4-13(22)9-16(15)23-21(14)20/h4-7,9-10H,8,11H2,1-3H3/q+1. The first kappa shape index (κ1) is 16.0. The maximum Gasteiger partial charge on any atom is 0.218 e. The number of likely N-dealkylation sites (N-methyl/N-ethyl adjacent to an activating group) is 1. The predicted molar refractivity (Wildman–Crippen MR) is 106 cm³/mol. The van der Waals surface area contributed by atoms with Crippen LogP contribution >= 0.6 is 15.9 Å². The van der Waals surface area contributed by atoms with E-state index in [1.54, 1.807) is 0 Å². The van der Waals surface area contributed by atoms with E-state index in [4.69, 9.17) is 4.98 Å². The van der Waals surface area contributed by atoms with Crippen LogP contribution in [0.15, 0.2) is 46.7 Å². The molecule has 1 aromatic carbocycles. The number of benzene rings is 1. The molecule has 2 aliphatic heterocycles. The molecular weight excluding hydrogens is 390 g/mol. The van der Waals surface area contributed by atoms with Crippen LogP contribution < -0.4 is 10.6 Å². The lowest BCUT2D eigenvalue weighted by Crippen LogP contribution is -2.56. The number of hydrogen-bond donors (Lipinski definition) is 0. The molecule has 5 heteroatoms. The fraction of sp³-hybridized carbons (Fsp3) is 0.238. The molecule has 130 valence electrons. The molecule has 0 N–H and O–H groups in total. The molecule has 3 heterocycles. The van der Waals surface area contributed by atoms with Crippen LogP contribution in [0.1, 0.15) is 16.8 Å². The number of rotatable bonds is 0. The Balaban J connectivity index is 2.07. The highest BCUT2D eigenvalue weighted by molar-refractivity contribution is 9.10. The molecule has 0 saturated carbocycles. The number of nitrogens with zero attached hydrogens (tertiary/aromatic N) is 3. The average Bonchev–Trinajstić information content (AvgIpc) is 2.57. The Hall–Kier alpha value is -2.24. The van der Waals surface area contributed by atoms with Crippen molar-refractivity contribution in [3.8, 4) is 0 Å². The maximum absolute atomic E-state index is 13.1. The van der Waals surface area contributed by atoms with Crippen LogP contribution in [0.5, 0.6) is 0 Å². The SMILES string of the molecule is CN1C=CC2=c3nc4cc(Br)ccc4c4c3=C(CC2=C1)[N+](C)(C)CC4=O. The Labute approximate surface area is 160 Å². The topological polar surface area (TPSA) is 33.2 Å². The summed E-state index contributed by atoms with van der Waals surface area (Å²) in [5.41, 5.74) is 5.41. The molecule has 0 spiro atoms. The van der Waals surface area contributed by atoms with E-state index in [9.17, 15) is 4.79 Å². The third-order valence-electron chi connectivity index (χ3n) is 5.58. The van der Waals surface area contributed by atoms with Crippen LogP contribution in [0.25, 0.3) is 22.2 Å². The molecule has 26 heavy (non-hydrogen) atoms. The lowest BCUT2D eigenvalue weighted by molar-refractivity contribution is -0.812. The fourth-order valence-corrected chi connectivity index (χ4v) is 4.70. The number of allylic oxidation sites excluding steroid dienone is 1. The molecule has 3 aliphatic rings. The van der Waals surface area contributed by atoms with E-state index >= 15 is 0 Å². The number of carbonyl (C=O) groups excluding carboxylic acids is 1. The Kier molecular flexibility index (Phi) is 3.16. The number of hydrogen-bond acceptors (Lipinski definition) is 3. The molecule has 2 aromatic rings. The highest BCUT2D eigenvalue weighted by atomic mass is 79.9. The normalized spacial score (nSPS) is 20.2. The predicted octanol–water partition coefficient (Wildman–Crippen LogP) is 2.28. The van der Waals surface area contributed by atoms with Gasteiger partial charge in [0.25, 0.3) is 0 Å². The van der Waals surface area contributed by atoms with E-state index < -0.39 is 0 Å². The summed E-state index contributed by atoms with van der Waals surface area (Å²) in [7, 11) is 6.29. The summed E-state index contributed by atoms with van der Waals surface area (Å²) in [6, 6.07) is 6.01. The molecular formula is C21H19BrN3O+. The minimum Gasteiger partial charge on any atom is -0.357 e. The second kappa shape index (κ2) is 5.15. The van der Waals surface area contributed by atoms with E-state index in [1.165, 1.54) is 11.3 Å². The summed E-state index contributed by atoms with van der Waals surface area (Å²) < 4.78 is 1.57. The van der Waals surface area contributed by atoms with Crippen molar-refractivity contribution < 1.29 is 9.28 Å². The number of halogens is 1. The fourth-order valence-electron chi connectivity index (χ4n) is 4.35. The molecule has 0 bridgehead atoms. The first-order valence-corrected chi connectivity index (χ1v) is 9.49. The smallest absolute Gasteiger partial charge is 0.218 e. The van der Waals surface area contributed by atoms with Gasteiger partial charge in [-0.1, -0.05) is 22.0 Å². The van der Waals surface area contributed by atoms with Crippen LogP contribution in [-0.2, 0) is 0 Å². The third kappa shape index (κ3) is 2.10. The summed E-state index contributed by atoms with van der Waals surface area (Å²) >= 11 is 3.54. The molecule has 0 fully saturated rings. The zero-order chi connectivity index (χ0) is 18.2. The summed E-state index contributed by atoms with van der Waals surface area (Å²) in [5.74, 6) is 0.203. The van der Waals surface area contributed by atoms with Gasteiger partial charge < -0.3 is 4.90 Å². The molecule has 1 aromatic heterocycles. The van der Waals surface area contributed by atoms with Crippen LogP contribution in [0.2, 0.25) is 0 Å². The molecule has 4 nitrogen and oxygen atoms in total. The van der Waals surface area contributed by atoms with Crippen molar-refractivity contribution in [1.29, 1.82) is 0 Å². The zero-order valence-corrected chi connectivity index (χ0v) is 16.6. The van der Waals surface area contributed by atoms with Crippen LogP contribution in [0.4, 0.5) is 0 Å². The molecule has 0 unspecified atom stereocenters. The highest BCUT2D eigenvalue weighted by Gasteiger charge is 2.38. The Morgan fingerprint density at radius 3 is 2.88 bits per heavy atom. The summed E-state index contributed by atoms with van der Waals surface area (Å²) in [6.45, 7) is 0.491. The summed E-state index contributed by atoms with van der Waals surface area (Å²) in [4.78, 5) is 20.2. The number of aromatic nitrogens is 1. The molecule has 0 saturated heterocycles. The number of ketones is 1. The van der Waals surface area contributed by atoms with Gasteiger partial charge in [-0.25, -0.2) is 4.98 Å². The van der Waals surface area contributed by atoms with Crippen molar-refractivity contribution in [1.82, 2.24) is 9.88 Å². The lowest BCUT2D eigenvalue weighted by Gasteiger charge is -2.37. The minimum atomic E-state index is 0.203. The van der Waals surface area contributed by atoms with Gasteiger partial charge in [0.1, 0.15) is 12.2 Å². The van der Waals surface area contributed by atoms with Gasteiger partial charge in [-0.05, 0) is 23.8 Å². The summed E-state index contributed by atoms with van der Waals surface area (Å²) in [6.07, 6.45) is 7.20. The van der Waals surface area contributed by atoms with E-state index in [1.807, 2.05) is 31.4 Å². The van der Waals surface area contributed by atoms with Gasteiger partial charge in [-0.15, -0.1) is 0 Å². The molecule has 0 atom stereocenters. The van der Waals surface area contributed by atoms with Crippen molar-refractivity contribution in [2.75, 3.05) is 27.7 Å². The van der Waals surface area contributed by atoms with Gasteiger partial charge in [-0.2, -0.15) is 0 Å². The van der Waals surface area contributed by atoms with Gasteiger partial charge in [0.15, 0.2) is 0 Å². The first-order valence-electron chi connectivity index (χ1n) is 8.70. The van der Waals surface area contributed by atoms with Gasteiger partial charge in [0.2, 0.25) is 5.78 Å². The molecule has 1 aliphatic carbocycles. The second-order valence-corrected chi connectivity index (χ2v) is 8.73. The molecule has 0 amide bonds. The Morgan fingerprint density at radius 1 is 1.27 bits per heavy atom. The van der Waals surface area contributed by atoms with Crippen molar-refractivity contribution in [2.24, 2.45) is 0 Å². The monoisotopic (exact) mass is 408 g/mol. The van der Waals surface area contributed by atoms with Crippen LogP contribution in [-0.4, -0.2) is 47.8 Å². The Morgan fingerprint density at radius 2 is 2.08 bits per heavy atom. The van der Waals surface area contributed by atoms with Gasteiger partial charge in [-0.3, -0.25) is 9.28 Å². The van der Waals surface area contributed by atoms with Crippen molar-refractivity contribution in [3.05, 3.63) is 62.9 Å². The Bertz CT molecular complexity index is 1200. The van der Waals surface area contributed by atoms with E-state index in [-0.39, 0.29) is 5.78 Å². The minimum absolute atomic E-state index is 0.203. The number of fused-ring (bicyclic) bond motifs is 3. The van der Waals surface area contributed by atoms with E-state index in [0.717, 1.165) is 43.5 Å². The second-order valence-electron chi connectivity index (χ2n) is 7.81. The van der Waals surface area contributed by atoms with E-state index in [2.05, 4.69) is 47.2 Å². The third-order valence-corrected chi connectivity index (χ3v) is 6.07. The van der Waals surface area contributed by atoms with Gasteiger partial charge in [0.05, 0.1) is 36.6 Å². The van der Waals surface area contributed by atoms with Crippen molar-refractivity contribution >= 4 is 43.9 Å². The van der Waals surface area contributed by atoms with Gasteiger partial charge in [0, 0.05) is 40.4 Å². The number of pyridine rings is 1. The zero-order valence-electron chi connectivity index (χ0n) is 15.0. The number of carbonyl (C=O) groups is 1. The lowest BCUT2D eigenvalue weighted by atomic mass is 9.86. The number of quaternary nitrogens is 1. The summed E-state index contributed by atoms with van der Waals surface area (Å²) in [5, 5.41) is 2.96. The van der Waals surface area contributed by atoms with E-state index in [0.29, 0.717) is 11.0 Å². The number of Topliss-reactive ketones (excluding diaryl/α,β-unsaturated/α-hetero) is 1. The van der Waals surface area contributed by atoms with Crippen LogP contribution in [0.3, 0.4) is 0 Å². The quantitative estimate of drug-likeness (QED) is 0.626. The van der Waals surface area contributed by atoms with Crippen molar-refractivity contribution in [3.63, 3.8) is 0 Å². The highest BCUT2D eigenvalue weighted by Crippen LogP contribution is 2.33. The molecule has 0 radical (unpaired) electrons. The van der Waals surface area contributed by atoms with Crippen molar-refractivity contribution in [2.45, 2.75) is 6.42 Å². The first-order chi connectivity index (χ1) is 12.3. The van der Waals surface area contributed by atoms with Crippen LogP contribution in [0, 0.1) is 0 Å².